The number of hydrogen-bond donors (Lipinski definition) is 2. The van der Waals surface area contributed by atoms with E-state index in [0.29, 0.717) is 16.8 Å². The van der Waals surface area contributed by atoms with Gasteiger partial charge in [0.05, 0.1) is 0 Å². The van der Waals surface area contributed by atoms with Gasteiger partial charge in [0.15, 0.2) is 5.83 Å². The normalized spacial score (nSPS) is 10.7. The van der Waals surface area contributed by atoms with Crippen LogP contribution in [-0.4, -0.2) is 11.0 Å². The van der Waals surface area contributed by atoms with E-state index >= 15 is 0 Å². The van der Waals surface area contributed by atoms with E-state index in [2.05, 4.69) is 11.9 Å². The van der Waals surface area contributed by atoms with Gasteiger partial charge in [-0.05, 0) is 42.3 Å². The fourth-order valence-corrected chi connectivity index (χ4v) is 2.75. The summed E-state index contributed by atoms with van der Waals surface area (Å²) < 4.78 is 18.1. The van der Waals surface area contributed by atoms with Gasteiger partial charge in [0.2, 0.25) is 0 Å². The number of carbonyl (C=O) groups excluding carboxylic acids is 1. The summed E-state index contributed by atoms with van der Waals surface area (Å²) in [6.07, 6.45) is 0.283. The Labute approximate surface area is 148 Å². The van der Waals surface area contributed by atoms with Gasteiger partial charge < -0.3 is 14.8 Å². The molecular weight excluding hydrogens is 337 g/mol. The van der Waals surface area contributed by atoms with Crippen LogP contribution >= 0.6 is 0 Å². The van der Waals surface area contributed by atoms with E-state index < -0.39 is 17.4 Å². The van der Waals surface area contributed by atoms with Crippen molar-refractivity contribution in [1.29, 1.82) is 0 Å². The smallest absolute Gasteiger partial charge is 0.340 e. The zero-order valence-electron chi connectivity index (χ0n) is 14.0. The Hall–Kier alpha value is -3.41. The summed E-state index contributed by atoms with van der Waals surface area (Å²) in [6, 6.07) is 11.4. The van der Waals surface area contributed by atoms with E-state index in [1.165, 1.54) is 12.1 Å². The van der Waals surface area contributed by atoms with Crippen molar-refractivity contribution in [3.05, 3.63) is 82.0 Å². The Morgan fingerprint density at radius 3 is 2.77 bits per heavy atom. The molecule has 5 nitrogen and oxygen atoms in total. The predicted octanol–water partition coefficient (Wildman–Crippen LogP) is 3.82. The molecule has 0 atom stereocenters. The van der Waals surface area contributed by atoms with Crippen molar-refractivity contribution >= 4 is 22.6 Å². The monoisotopic (exact) mass is 353 g/mol. The minimum absolute atomic E-state index is 0.0192. The fraction of sp³-hybridized carbons (Fsp3) is 0.100. The number of halogens is 1. The number of rotatable bonds is 4. The Morgan fingerprint density at radius 1 is 1.27 bits per heavy atom. The maximum absolute atomic E-state index is 12.8. The first-order chi connectivity index (χ1) is 12.3. The van der Waals surface area contributed by atoms with Crippen LogP contribution in [-0.2, 0) is 11.2 Å². The zero-order chi connectivity index (χ0) is 18.8. The molecule has 6 heteroatoms. The van der Waals surface area contributed by atoms with Crippen molar-refractivity contribution in [2.45, 2.75) is 13.3 Å². The Morgan fingerprint density at radius 2 is 2.04 bits per heavy atom. The first-order valence-corrected chi connectivity index (χ1v) is 7.85. The number of fused-ring (bicyclic) bond motifs is 1. The summed E-state index contributed by atoms with van der Waals surface area (Å²) in [5.74, 6) is -1.97. The van der Waals surface area contributed by atoms with Gasteiger partial charge in [-0.25, -0.2) is 9.18 Å². The second-order valence-electron chi connectivity index (χ2n) is 5.91. The van der Waals surface area contributed by atoms with Crippen LogP contribution < -0.4 is 10.9 Å². The standard InChI is InChI=1S/C20H16FNO4/c1-11-16-7-6-15(23)10-18(16)26-20(25)17(11)9-13-4-3-5-14(8-13)22-19(24)12(2)21/h3-8,10,23H,2,9H2,1H3,(H,22,24). The highest BCUT2D eigenvalue weighted by atomic mass is 19.1. The van der Waals surface area contributed by atoms with Gasteiger partial charge in [0.25, 0.3) is 5.91 Å². The lowest BCUT2D eigenvalue weighted by atomic mass is 9.99. The molecule has 0 aliphatic rings. The Kier molecular flexibility index (Phi) is 4.58. The molecule has 1 heterocycles. The van der Waals surface area contributed by atoms with E-state index in [9.17, 15) is 19.1 Å². The van der Waals surface area contributed by atoms with E-state index in [1.807, 2.05) is 6.92 Å². The first kappa shape index (κ1) is 17.4. The molecule has 26 heavy (non-hydrogen) atoms. The van der Waals surface area contributed by atoms with Gasteiger partial charge in [-0.2, -0.15) is 0 Å². The molecule has 1 amide bonds. The van der Waals surface area contributed by atoms with Crippen molar-refractivity contribution in [1.82, 2.24) is 0 Å². The third-order valence-corrected chi connectivity index (χ3v) is 4.08. The van der Waals surface area contributed by atoms with Crippen molar-refractivity contribution in [2.24, 2.45) is 0 Å². The summed E-state index contributed by atoms with van der Waals surface area (Å²) >= 11 is 0. The van der Waals surface area contributed by atoms with E-state index in [4.69, 9.17) is 4.42 Å². The maximum Gasteiger partial charge on any atom is 0.340 e. The largest absolute Gasteiger partial charge is 0.508 e. The Bertz CT molecular complexity index is 1080. The molecule has 132 valence electrons. The van der Waals surface area contributed by atoms with Crippen LogP contribution in [0, 0.1) is 6.92 Å². The second kappa shape index (κ2) is 6.84. The molecule has 3 rings (SSSR count). The summed E-state index contributed by atoms with van der Waals surface area (Å²) in [4.78, 5) is 23.7. The lowest BCUT2D eigenvalue weighted by molar-refractivity contribution is -0.114. The average Bonchev–Trinajstić information content (AvgIpc) is 2.58. The van der Waals surface area contributed by atoms with Crippen molar-refractivity contribution in [3.8, 4) is 5.75 Å². The number of anilines is 1. The first-order valence-electron chi connectivity index (χ1n) is 7.85. The predicted molar refractivity (Wildman–Crippen MR) is 97.0 cm³/mol. The highest BCUT2D eigenvalue weighted by Crippen LogP contribution is 2.25. The molecule has 0 bridgehead atoms. The van der Waals surface area contributed by atoms with Crippen LogP contribution in [0.25, 0.3) is 11.0 Å². The molecule has 0 fully saturated rings. The number of aryl methyl sites for hydroxylation is 1. The summed E-state index contributed by atoms with van der Waals surface area (Å²) in [5, 5.41) is 12.7. The lowest BCUT2D eigenvalue weighted by Gasteiger charge is -2.10. The third-order valence-electron chi connectivity index (χ3n) is 4.08. The second-order valence-corrected chi connectivity index (χ2v) is 5.91. The van der Waals surface area contributed by atoms with E-state index in [1.54, 1.807) is 30.3 Å². The van der Waals surface area contributed by atoms with Crippen LogP contribution in [0.3, 0.4) is 0 Å². The van der Waals surface area contributed by atoms with Crippen LogP contribution in [0.4, 0.5) is 10.1 Å². The van der Waals surface area contributed by atoms with Crippen LogP contribution in [0.1, 0.15) is 16.7 Å². The number of carbonyl (C=O) groups is 1. The molecule has 0 aliphatic heterocycles. The number of nitrogens with one attached hydrogen (secondary N) is 1. The molecule has 1 aromatic heterocycles. The average molecular weight is 353 g/mol. The van der Waals surface area contributed by atoms with Crippen LogP contribution in [0.15, 0.2) is 64.1 Å². The van der Waals surface area contributed by atoms with E-state index in [-0.39, 0.29) is 12.2 Å². The molecule has 2 N–H and O–H groups in total. The van der Waals surface area contributed by atoms with Crippen molar-refractivity contribution in [3.63, 3.8) is 0 Å². The lowest BCUT2D eigenvalue weighted by Crippen LogP contribution is -2.12. The molecule has 0 unspecified atom stereocenters. The summed E-state index contributed by atoms with van der Waals surface area (Å²) in [7, 11) is 0. The topological polar surface area (TPSA) is 79.5 Å². The van der Waals surface area contributed by atoms with Gasteiger partial charge in [-0.15, -0.1) is 0 Å². The van der Waals surface area contributed by atoms with Gasteiger partial charge in [0.1, 0.15) is 11.3 Å². The highest BCUT2D eigenvalue weighted by Gasteiger charge is 2.13. The zero-order valence-corrected chi connectivity index (χ0v) is 14.0. The number of amides is 1. The molecule has 2 aromatic carbocycles. The number of hydrogen-bond acceptors (Lipinski definition) is 4. The van der Waals surface area contributed by atoms with Crippen LogP contribution in [0.5, 0.6) is 5.75 Å². The summed E-state index contributed by atoms with van der Waals surface area (Å²) in [6.45, 7) is 4.76. The van der Waals surface area contributed by atoms with Crippen molar-refractivity contribution in [2.75, 3.05) is 5.32 Å². The highest BCUT2D eigenvalue weighted by molar-refractivity contribution is 6.01. The molecule has 0 spiro atoms. The number of aromatic hydroxyl groups is 1. The van der Waals surface area contributed by atoms with Gasteiger partial charge in [-0.1, -0.05) is 18.7 Å². The van der Waals surface area contributed by atoms with E-state index in [0.717, 1.165) is 16.5 Å². The maximum atomic E-state index is 12.8. The molecular formula is C20H16FNO4. The molecule has 0 saturated carbocycles. The quantitative estimate of drug-likeness (QED) is 0.552. The number of phenolic OH excluding ortho intramolecular Hbond substituents is 1. The molecule has 3 aromatic rings. The molecule has 0 aliphatic carbocycles. The van der Waals surface area contributed by atoms with Gasteiger partial charge in [0, 0.05) is 29.1 Å². The Balaban J connectivity index is 1.97. The SMILES string of the molecule is C=C(F)C(=O)Nc1cccc(Cc2c(C)c3ccc(O)cc3oc2=O)c1. The van der Waals surface area contributed by atoms with Crippen molar-refractivity contribution < 1.29 is 18.7 Å². The summed E-state index contributed by atoms with van der Waals surface area (Å²) in [5.41, 5.74) is 2.20. The minimum atomic E-state index is -1.08. The fourth-order valence-electron chi connectivity index (χ4n) is 2.75. The minimum Gasteiger partial charge on any atom is -0.508 e. The van der Waals surface area contributed by atoms with Gasteiger partial charge in [-0.3, -0.25) is 4.79 Å². The number of phenols is 1. The van der Waals surface area contributed by atoms with Crippen LogP contribution in [0.2, 0.25) is 0 Å². The molecule has 0 saturated heterocycles. The number of benzene rings is 2. The molecule has 0 radical (unpaired) electrons. The third kappa shape index (κ3) is 3.49. The van der Waals surface area contributed by atoms with Gasteiger partial charge >= 0.3 is 5.63 Å².